The van der Waals surface area contributed by atoms with E-state index in [0.29, 0.717) is 35.0 Å². The standard InChI is InChI=1S/C18H26Cl2N2O3S/c1-3-4-9-21-18(23)15-7-5-13(2)22(11-15)26(24,25)12-14-6-8-16(19)17(20)10-14/h6,8,10,13,15H,3-5,7,9,11-12H2,1-2H3,(H,21,23). The summed E-state index contributed by atoms with van der Waals surface area (Å²) in [7, 11) is -3.56. The van der Waals surface area contributed by atoms with Crippen LogP contribution in [0.5, 0.6) is 0 Å². The van der Waals surface area contributed by atoms with Crippen molar-refractivity contribution in [2.24, 2.45) is 5.92 Å². The minimum absolute atomic E-state index is 0.0555. The number of hydrogen-bond acceptors (Lipinski definition) is 3. The normalized spacial score (nSPS) is 21.5. The van der Waals surface area contributed by atoms with E-state index in [2.05, 4.69) is 12.2 Å². The molecule has 1 aromatic carbocycles. The molecule has 1 fully saturated rings. The molecule has 0 aromatic heterocycles. The average Bonchev–Trinajstić information content (AvgIpc) is 2.58. The van der Waals surface area contributed by atoms with Crippen LogP contribution in [0.2, 0.25) is 10.0 Å². The van der Waals surface area contributed by atoms with Crippen molar-refractivity contribution in [1.29, 1.82) is 0 Å². The van der Waals surface area contributed by atoms with Gasteiger partial charge in [-0.3, -0.25) is 4.79 Å². The summed E-state index contributed by atoms with van der Waals surface area (Å²) in [5.41, 5.74) is 0.584. The first-order valence-corrected chi connectivity index (χ1v) is 11.3. The molecule has 5 nitrogen and oxygen atoms in total. The van der Waals surface area contributed by atoms with Crippen molar-refractivity contribution in [1.82, 2.24) is 9.62 Å². The third-order valence-corrected chi connectivity index (χ3v) is 7.38. The quantitative estimate of drug-likeness (QED) is 0.681. The van der Waals surface area contributed by atoms with Gasteiger partial charge in [-0.15, -0.1) is 0 Å². The molecule has 1 N–H and O–H groups in total. The van der Waals surface area contributed by atoms with Gasteiger partial charge in [0.1, 0.15) is 0 Å². The molecule has 8 heteroatoms. The fourth-order valence-corrected chi connectivity index (χ4v) is 5.28. The van der Waals surface area contributed by atoms with E-state index >= 15 is 0 Å². The van der Waals surface area contributed by atoms with E-state index in [0.717, 1.165) is 12.8 Å². The summed E-state index contributed by atoms with van der Waals surface area (Å²) in [6, 6.07) is 4.71. The highest BCUT2D eigenvalue weighted by Gasteiger charge is 2.36. The lowest BCUT2D eigenvalue weighted by Crippen LogP contribution is -2.49. The average molecular weight is 421 g/mol. The molecule has 146 valence electrons. The van der Waals surface area contributed by atoms with Crippen molar-refractivity contribution in [3.63, 3.8) is 0 Å². The maximum atomic E-state index is 12.9. The molecule has 0 saturated carbocycles. The van der Waals surface area contributed by atoms with Gasteiger partial charge in [0.15, 0.2) is 0 Å². The zero-order valence-corrected chi connectivity index (χ0v) is 17.5. The summed E-state index contributed by atoms with van der Waals surface area (Å²) in [5.74, 6) is -0.509. The second-order valence-corrected chi connectivity index (χ2v) is 9.58. The molecule has 2 unspecified atom stereocenters. The summed E-state index contributed by atoms with van der Waals surface area (Å²) in [6.45, 7) is 4.81. The molecule has 1 heterocycles. The fourth-order valence-electron chi connectivity index (χ4n) is 3.13. The van der Waals surface area contributed by atoms with Crippen molar-refractivity contribution in [3.05, 3.63) is 33.8 Å². The Balaban J connectivity index is 2.08. The second kappa shape index (κ2) is 9.40. The summed E-state index contributed by atoms with van der Waals surface area (Å²) < 4.78 is 27.3. The fraction of sp³-hybridized carbons (Fsp3) is 0.611. The van der Waals surface area contributed by atoms with Gasteiger partial charge in [0.25, 0.3) is 0 Å². The van der Waals surface area contributed by atoms with Crippen LogP contribution in [0.4, 0.5) is 0 Å². The lowest BCUT2D eigenvalue weighted by atomic mass is 9.94. The predicted molar refractivity (Wildman–Crippen MR) is 106 cm³/mol. The van der Waals surface area contributed by atoms with Gasteiger partial charge in [-0.05, 0) is 43.9 Å². The Labute approximate surface area is 166 Å². The number of sulfonamides is 1. The summed E-state index contributed by atoms with van der Waals surface area (Å²) >= 11 is 11.9. The van der Waals surface area contributed by atoms with Crippen LogP contribution < -0.4 is 5.32 Å². The van der Waals surface area contributed by atoms with Crippen LogP contribution in [0.3, 0.4) is 0 Å². The first kappa shape index (κ1) is 21.5. The highest BCUT2D eigenvalue weighted by molar-refractivity contribution is 7.88. The van der Waals surface area contributed by atoms with Crippen molar-refractivity contribution in [2.45, 2.75) is 51.3 Å². The Morgan fingerprint density at radius 1 is 1.27 bits per heavy atom. The van der Waals surface area contributed by atoms with Gasteiger partial charge >= 0.3 is 0 Å². The molecule has 2 rings (SSSR count). The molecule has 26 heavy (non-hydrogen) atoms. The SMILES string of the molecule is CCCCNC(=O)C1CCC(C)N(S(=O)(=O)Cc2ccc(Cl)c(Cl)c2)C1. The van der Waals surface area contributed by atoms with Crippen LogP contribution in [0.25, 0.3) is 0 Å². The summed E-state index contributed by atoms with van der Waals surface area (Å²) in [4.78, 5) is 12.3. The molecular formula is C18H26Cl2N2O3S. The number of carbonyl (C=O) groups is 1. The number of halogens is 2. The van der Waals surface area contributed by atoms with Gasteiger partial charge in [0, 0.05) is 19.1 Å². The molecule has 1 saturated heterocycles. The van der Waals surface area contributed by atoms with Gasteiger partial charge in [0.2, 0.25) is 15.9 Å². The van der Waals surface area contributed by atoms with Crippen molar-refractivity contribution >= 4 is 39.1 Å². The molecule has 1 amide bonds. The lowest BCUT2D eigenvalue weighted by Gasteiger charge is -2.36. The summed E-state index contributed by atoms with van der Waals surface area (Å²) in [6.07, 6.45) is 3.31. The zero-order chi connectivity index (χ0) is 19.3. The van der Waals surface area contributed by atoms with E-state index < -0.39 is 10.0 Å². The number of piperidine rings is 1. The topological polar surface area (TPSA) is 66.5 Å². The van der Waals surface area contributed by atoms with Crippen LogP contribution in [0, 0.1) is 5.92 Å². The summed E-state index contributed by atoms with van der Waals surface area (Å²) in [5, 5.41) is 3.64. The van der Waals surface area contributed by atoms with E-state index in [-0.39, 0.29) is 30.2 Å². The highest BCUT2D eigenvalue weighted by Crippen LogP contribution is 2.28. The molecule has 0 radical (unpaired) electrons. The smallest absolute Gasteiger partial charge is 0.224 e. The van der Waals surface area contributed by atoms with E-state index in [1.807, 2.05) is 6.92 Å². The second-order valence-electron chi connectivity index (χ2n) is 6.84. The van der Waals surface area contributed by atoms with Crippen LogP contribution in [-0.4, -0.2) is 37.8 Å². The number of amides is 1. The van der Waals surface area contributed by atoms with Crippen LogP contribution >= 0.6 is 23.2 Å². The van der Waals surface area contributed by atoms with Gasteiger partial charge in [-0.1, -0.05) is 42.6 Å². The highest BCUT2D eigenvalue weighted by atomic mass is 35.5. The third kappa shape index (κ3) is 5.59. The lowest BCUT2D eigenvalue weighted by molar-refractivity contribution is -0.126. The molecule has 1 aliphatic rings. The molecule has 0 aliphatic carbocycles. The van der Waals surface area contributed by atoms with Crippen LogP contribution in [0.15, 0.2) is 18.2 Å². The molecule has 0 bridgehead atoms. The first-order chi connectivity index (χ1) is 12.2. The molecule has 2 atom stereocenters. The van der Waals surface area contributed by atoms with Crippen molar-refractivity contribution in [2.75, 3.05) is 13.1 Å². The number of hydrogen-bond donors (Lipinski definition) is 1. The maximum Gasteiger partial charge on any atom is 0.224 e. The number of unbranched alkanes of at least 4 members (excludes halogenated alkanes) is 1. The Morgan fingerprint density at radius 2 is 2.00 bits per heavy atom. The Kier molecular flexibility index (Phi) is 7.76. The number of nitrogens with one attached hydrogen (secondary N) is 1. The number of carbonyl (C=O) groups excluding carboxylic acids is 1. The number of benzene rings is 1. The zero-order valence-electron chi connectivity index (χ0n) is 15.2. The minimum Gasteiger partial charge on any atom is -0.356 e. The van der Waals surface area contributed by atoms with Gasteiger partial charge in [0.05, 0.1) is 21.7 Å². The predicted octanol–water partition coefficient (Wildman–Crippen LogP) is 3.84. The Hall–Kier alpha value is -0.820. The van der Waals surface area contributed by atoms with Crippen LogP contribution in [-0.2, 0) is 20.6 Å². The molecule has 1 aliphatic heterocycles. The molecular weight excluding hydrogens is 395 g/mol. The third-order valence-electron chi connectivity index (χ3n) is 4.72. The van der Waals surface area contributed by atoms with Crippen molar-refractivity contribution < 1.29 is 13.2 Å². The maximum absolute atomic E-state index is 12.9. The van der Waals surface area contributed by atoms with E-state index in [9.17, 15) is 13.2 Å². The monoisotopic (exact) mass is 420 g/mol. The minimum atomic E-state index is -3.56. The Morgan fingerprint density at radius 3 is 2.65 bits per heavy atom. The molecule has 0 spiro atoms. The van der Waals surface area contributed by atoms with E-state index in [1.54, 1.807) is 18.2 Å². The largest absolute Gasteiger partial charge is 0.356 e. The van der Waals surface area contributed by atoms with Gasteiger partial charge < -0.3 is 5.32 Å². The Bertz CT molecular complexity index is 740. The van der Waals surface area contributed by atoms with Crippen molar-refractivity contribution in [3.8, 4) is 0 Å². The van der Waals surface area contributed by atoms with E-state index in [4.69, 9.17) is 23.2 Å². The first-order valence-electron chi connectivity index (χ1n) is 8.95. The van der Waals surface area contributed by atoms with Gasteiger partial charge in [-0.25, -0.2) is 8.42 Å². The number of nitrogens with zero attached hydrogens (tertiary/aromatic N) is 1. The van der Waals surface area contributed by atoms with E-state index in [1.165, 1.54) is 4.31 Å². The number of rotatable bonds is 7. The van der Waals surface area contributed by atoms with Gasteiger partial charge in [-0.2, -0.15) is 4.31 Å². The molecule has 1 aromatic rings. The van der Waals surface area contributed by atoms with Crippen LogP contribution in [0.1, 0.15) is 45.1 Å².